The summed E-state index contributed by atoms with van der Waals surface area (Å²) in [5.74, 6) is 2.54. The van der Waals surface area contributed by atoms with Crippen LogP contribution in [0.4, 0.5) is 0 Å². The average Bonchev–Trinajstić information content (AvgIpc) is 1.81. The maximum atomic E-state index is 3.53. The molecule has 2 nitrogen and oxygen atoms in total. The van der Waals surface area contributed by atoms with Gasteiger partial charge in [-0.2, -0.15) is 0 Å². The molecule has 0 saturated heterocycles. The molecule has 1 N–H and O–H groups in total. The first-order chi connectivity index (χ1) is 3.91. The van der Waals surface area contributed by atoms with E-state index in [1.165, 1.54) is 6.20 Å². The van der Waals surface area contributed by atoms with Gasteiger partial charge in [0, 0.05) is 18.1 Å². The Hall–Kier alpha value is -1.27. The molecule has 0 aliphatic rings. The van der Waals surface area contributed by atoms with Gasteiger partial charge in [-0.05, 0) is 0 Å². The molecule has 0 fully saturated rings. The summed E-state index contributed by atoms with van der Waals surface area (Å²) >= 11 is 0. The van der Waals surface area contributed by atoms with E-state index in [4.69, 9.17) is 0 Å². The monoisotopic (exact) mass is 108 g/mol. The molecule has 0 heterocycles. The summed E-state index contributed by atoms with van der Waals surface area (Å²) in [5, 5.41) is 3.53. The summed E-state index contributed by atoms with van der Waals surface area (Å²) in [4.78, 5) is 0. The smallest absolute Gasteiger partial charge is 0.0135 e. The van der Waals surface area contributed by atoms with E-state index < -0.39 is 0 Å². The summed E-state index contributed by atoms with van der Waals surface area (Å²) in [7, 11) is 0. The lowest BCUT2D eigenvalue weighted by Gasteiger charge is -1.76. The molecular formula is C6H8N2. The van der Waals surface area contributed by atoms with Crippen LogP contribution in [0.1, 0.15) is 0 Å². The summed E-state index contributed by atoms with van der Waals surface area (Å²) in [5.41, 5.74) is 2.48. The molecule has 0 saturated carbocycles. The van der Waals surface area contributed by atoms with E-state index >= 15 is 0 Å². The fraction of sp³-hybridized carbons (Fsp3) is 0. The molecule has 0 spiro atoms. The van der Waals surface area contributed by atoms with E-state index in [-0.39, 0.29) is 0 Å². The lowest BCUT2D eigenvalue weighted by Crippen LogP contribution is -1.87. The van der Waals surface area contributed by atoms with Crippen LogP contribution in [0.15, 0.2) is 36.6 Å². The summed E-state index contributed by atoms with van der Waals surface area (Å²) < 4.78 is 0. The highest BCUT2D eigenvalue weighted by Gasteiger charge is 1.52. The summed E-state index contributed by atoms with van der Waals surface area (Å²) in [6, 6.07) is 0. The minimum absolute atomic E-state index is 1.46. The van der Waals surface area contributed by atoms with E-state index in [2.05, 4.69) is 29.6 Å². The molecule has 0 bridgehead atoms. The molecule has 0 radical (unpaired) electrons. The molecule has 0 unspecified atom stereocenters. The highest BCUT2D eigenvalue weighted by molar-refractivity contribution is 5.53. The molecular weight excluding hydrogens is 100 g/mol. The largest absolute Gasteiger partial charge is 0.278 e. The summed E-state index contributed by atoms with van der Waals surface area (Å²) in [6.07, 6.45) is 4.65. The second kappa shape index (κ2) is 5.73. The Labute approximate surface area is 48.9 Å². The third-order valence-corrected chi connectivity index (χ3v) is 0.413. The number of nitrogens with one attached hydrogen (secondary N) is 1. The number of hydrogen-bond donors (Lipinski definition) is 1. The maximum absolute atomic E-state index is 3.53. The van der Waals surface area contributed by atoms with Crippen molar-refractivity contribution in [1.82, 2.24) is 5.43 Å². The molecule has 0 atom stereocenters. The van der Waals surface area contributed by atoms with Gasteiger partial charge in [0.05, 0.1) is 0 Å². The number of nitrogens with zero attached hydrogens (tertiary/aromatic N) is 1. The highest BCUT2D eigenvalue weighted by Crippen LogP contribution is 1.57. The van der Waals surface area contributed by atoms with Crippen LogP contribution in [0.3, 0.4) is 0 Å². The Morgan fingerprint density at radius 2 is 2.25 bits per heavy atom. The Morgan fingerprint density at radius 1 is 1.50 bits per heavy atom. The zero-order valence-corrected chi connectivity index (χ0v) is 4.59. The molecule has 42 valence electrons. The SMILES string of the molecule is C=CC=C=NNC=C. The van der Waals surface area contributed by atoms with Crippen molar-refractivity contribution in [2.75, 3.05) is 0 Å². The standard InChI is InChI=1S/C6H8N2/c1-3-5-6-8-7-4-2/h3-5,7H,1-2H2. The molecule has 8 heavy (non-hydrogen) atoms. The van der Waals surface area contributed by atoms with Crippen LogP contribution in [0.25, 0.3) is 0 Å². The fourth-order valence-electron chi connectivity index (χ4n) is 0.173. The lowest BCUT2D eigenvalue weighted by atomic mass is 10.6. The first-order valence-electron chi connectivity index (χ1n) is 2.17. The lowest BCUT2D eigenvalue weighted by molar-refractivity contribution is 0.983. The third kappa shape index (κ3) is 4.73. The molecule has 0 amide bonds. The minimum atomic E-state index is 1.46. The van der Waals surface area contributed by atoms with E-state index in [0.29, 0.717) is 0 Å². The van der Waals surface area contributed by atoms with Crippen LogP contribution in [0, 0.1) is 0 Å². The van der Waals surface area contributed by atoms with E-state index in [0.717, 1.165) is 0 Å². The first kappa shape index (κ1) is 6.73. The van der Waals surface area contributed by atoms with Crippen molar-refractivity contribution >= 4 is 5.87 Å². The topological polar surface area (TPSA) is 24.4 Å². The van der Waals surface area contributed by atoms with Gasteiger partial charge in [-0.3, -0.25) is 5.43 Å². The van der Waals surface area contributed by atoms with Crippen molar-refractivity contribution in [3.63, 3.8) is 0 Å². The predicted octanol–water partition coefficient (Wildman–Crippen LogP) is 1.05. The van der Waals surface area contributed by atoms with Crippen molar-refractivity contribution in [2.45, 2.75) is 0 Å². The Kier molecular flexibility index (Phi) is 4.82. The molecule has 0 aromatic carbocycles. The van der Waals surface area contributed by atoms with Gasteiger partial charge in [0.25, 0.3) is 0 Å². The summed E-state index contributed by atoms with van der Waals surface area (Å²) in [6.45, 7) is 6.80. The molecule has 0 aromatic heterocycles. The van der Waals surface area contributed by atoms with E-state index in [1.54, 1.807) is 12.2 Å². The van der Waals surface area contributed by atoms with Crippen molar-refractivity contribution in [2.24, 2.45) is 5.10 Å². The zero-order chi connectivity index (χ0) is 6.24. The normalized spacial score (nSPS) is 6.00. The van der Waals surface area contributed by atoms with Crippen LogP contribution in [-0.2, 0) is 0 Å². The van der Waals surface area contributed by atoms with Crippen LogP contribution in [-0.4, -0.2) is 5.87 Å². The Bertz CT molecular complexity index is 129. The van der Waals surface area contributed by atoms with Crippen LogP contribution in [0.2, 0.25) is 0 Å². The molecule has 2 heteroatoms. The van der Waals surface area contributed by atoms with Gasteiger partial charge in [0.2, 0.25) is 0 Å². The molecule has 0 rings (SSSR count). The molecule has 0 aliphatic carbocycles. The molecule has 0 aliphatic heterocycles. The Balaban J connectivity index is 3.46. The van der Waals surface area contributed by atoms with Crippen molar-refractivity contribution in [3.05, 3.63) is 31.5 Å². The highest BCUT2D eigenvalue weighted by atomic mass is 15.3. The Morgan fingerprint density at radius 3 is 2.75 bits per heavy atom. The first-order valence-corrected chi connectivity index (χ1v) is 2.17. The van der Waals surface area contributed by atoms with Crippen molar-refractivity contribution < 1.29 is 0 Å². The number of rotatable bonds is 3. The van der Waals surface area contributed by atoms with Gasteiger partial charge >= 0.3 is 0 Å². The quantitative estimate of drug-likeness (QED) is 0.326. The number of hydrazone groups is 1. The van der Waals surface area contributed by atoms with Crippen molar-refractivity contribution in [1.29, 1.82) is 0 Å². The van der Waals surface area contributed by atoms with Gasteiger partial charge < -0.3 is 0 Å². The van der Waals surface area contributed by atoms with Gasteiger partial charge in [-0.1, -0.05) is 19.2 Å². The van der Waals surface area contributed by atoms with Crippen LogP contribution in [0.5, 0.6) is 0 Å². The van der Waals surface area contributed by atoms with Gasteiger partial charge in [0.1, 0.15) is 0 Å². The van der Waals surface area contributed by atoms with Crippen molar-refractivity contribution in [3.8, 4) is 0 Å². The number of hydrogen-bond acceptors (Lipinski definition) is 2. The number of allylic oxidation sites excluding steroid dienone is 2. The minimum Gasteiger partial charge on any atom is -0.278 e. The van der Waals surface area contributed by atoms with Gasteiger partial charge in [-0.25, -0.2) is 0 Å². The van der Waals surface area contributed by atoms with E-state index in [1.807, 2.05) is 0 Å². The van der Waals surface area contributed by atoms with Crippen LogP contribution >= 0.6 is 0 Å². The van der Waals surface area contributed by atoms with E-state index in [9.17, 15) is 0 Å². The van der Waals surface area contributed by atoms with Gasteiger partial charge in [-0.15, -0.1) is 5.10 Å². The second-order valence-corrected chi connectivity index (χ2v) is 0.976. The third-order valence-electron chi connectivity index (χ3n) is 0.413. The van der Waals surface area contributed by atoms with Crippen LogP contribution < -0.4 is 5.43 Å². The predicted molar refractivity (Wildman–Crippen MR) is 35.5 cm³/mol. The zero-order valence-electron chi connectivity index (χ0n) is 4.59. The average molecular weight is 108 g/mol. The molecule has 0 aromatic rings. The van der Waals surface area contributed by atoms with Gasteiger partial charge in [0.15, 0.2) is 0 Å². The maximum Gasteiger partial charge on any atom is 0.0135 e. The second-order valence-electron chi connectivity index (χ2n) is 0.976. The fourth-order valence-corrected chi connectivity index (χ4v) is 0.173.